The van der Waals surface area contributed by atoms with E-state index in [0.29, 0.717) is 34.6 Å². The maximum Gasteiger partial charge on any atom is 0.321 e. The van der Waals surface area contributed by atoms with Gasteiger partial charge < -0.3 is 19.7 Å². The number of nitrogens with zero attached hydrogens (tertiary/aromatic N) is 1. The molecule has 2 rings (SSSR count). The number of anilines is 1. The number of hydrogen-bond acceptors (Lipinski definition) is 3. The van der Waals surface area contributed by atoms with Gasteiger partial charge in [-0.05, 0) is 42.5 Å². The summed E-state index contributed by atoms with van der Waals surface area (Å²) in [4.78, 5) is 13.6. The molecule has 0 unspecified atom stereocenters. The van der Waals surface area contributed by atoms with Crippen LogP contribution in [-0.2, 0) is 0 Å². The largest absolute Gasteiger partial charge is 0.497 e. The van der Waals surface area contributed by atoms with Crippen LogP contribution in [0.5, 0.6) is 11.5 Å². The van der Waals surface area contributed by atoms with Gasteiger partial charge in [0.25, 0.3) is 0 Å². The molecule has 0 aliphatic rings. The first kappa shape index (κ1) is 18.2. The Balaban J connectivity index is 1.80. The third kappa shape index (κ3) is 5.22. The second-order valence-corrected chi connectivity index (χ2v) is 5.84. The van der Waals surface area contributed by atoms with Gasteiger partial charge in [0.1, 0.15) is 18.1 Å². The number of urea groups is 1. The van der Waals surface area contributed by atoms with Crippen LogP contribution in [-0.4, -0.2) is 38.2 Å². The molecule has 0 spiro atoms. The van der Waals surface area contributed by atoms with E-state index in [1.54, 1.807) is 32.4 Å². The number of halogens is 2. The Bertz CT molecular complexity index is 693. The molecule has 0 fully saturated rings. The number of likely N-dealkylation sites (N-methyl/N-ethyl adjacent to an activating group) is 1. The summed E-state index contributed by atoms with van der Waals surface area (Å²) >= 11 is 11.9. The van der Waals surface area contributed by atoms with Gasteiger partial charge in [-0.15, -0.1) is 0 Å². The van der Waals surface area contributed by atoms with Crippen molar-refractivity contribution in [2.45, 2.75) is 0 Å². The first-order chi connectivity index (χ1) is 11.5. The normalized spacial score (nSPS) is 10.2. The molecule has 0 aliphatic carbocycles. The van der Waals surface area contributed by atoms with E-state index in [-0.39, 0.29) is 6.03 Å². The van der Waals surface area contributed by atoms with Crippen LogP contribution in [0.2, 0.25) is 10.0 Å². The van der Waals surface area contributed by atoms with Crippen LogP contribution in [0.4, 0.5) is 10.5 Å². The second kappa shape index (κ2) is 8.66. The molecule has 0 atom stereocenters. The van der Waals surface area contributed by atoms with Crippen LogP contribution >= 0.6 is 23.2 Å². The molecule has 7 heteroatoms. The zero-order chi connectivity index (χ0) is 17.5. The number of carbonyl (C=O) groups excluding carboxylic acids is 1. The third-order valence-electron chi connectivity index (χ3n) is 3.27. The number of benzene rings is 2. The molecule has 0 heterocycles. The molecule has 0 saturated heterocycles. The molecule has 0 radical (unpaired) electrons. The van der Waals surface area contributed by atoms with Gasteiger partial charge in [-0.25, -0.2) is 4.79 Å². The van der Waals surface area contributed by atoms with Crippen LogP contribution in [0, 0.1) is 0 Å². The Kier molecular flexibility index (Phi) is 6.58. The van der Waals surface area contributed by atoms with E-state index in [9.17, 15) is 4.79 Å². The molecular weight excluding hydrogens is 351 g/mol. The highest BCUT2D eigenvalue weighted by molar-refractivity contribution is 6.36. The summed E-state index contributed by atoms with van der Waals surface area (Å²) < 4.78 is 10.7. The van der Waals surface area contributed by atoms with Crippen molar-refractivity contribution in [1.29, 1.82) is 0 Å². The first-order valence-corrected chi connectivity index (χ1v) is 7.99. The third-order valence-corrected chi connectivity index (χ3v) is 3.82. The van der Waals surface area contributed by atoms with Gasteiger partial charge in [-0.3, -0.25) is 0 Å². The smallest absolute Gasteiger partial charge is 0.321 e. The average molecular weight is 369 g/mol. The molecule has 1 N–H and O–H groups in total. The Morgan fingerprint density at radius 2 is 1.79 bits per heavy atom. The van der Waals surface area contributed by atoms with Gasteiger partial charge in [0.05, 0.1) is 24.4 Å². The standard InChI is InChI=1S/C17H18Cl2N2O3/c1-21(9-10-24-14-6-4-13(23-2)5-7-14)17(22)20-16-8-3-12(18)11-15(16)19/h3-8,11H,9-10H2,1-2H3,(H,20,22). The summed E-state index contributed by atoms with van der Waals surface area (Å²) in [6.45, 7) is 0.785. The Morgan fingerprint density at radius 3 is 2.42 bits per heavy atom. The van der Waals surface area contributed by atoms with Crippen LogP contribution in [0.25, 0.3) is 0 Å². The lowest BCUT2D eigenvalue weighted by molar-refractivity contribution is 0.207. The van der Waals surface area contributed by atoms with Crippen molar-refractivity contribution >= 4 is 34.9 Å². The van der Waals surface area contributed by atoms with E-state index in [4.69, 9.17) is 32.7 Å². The van der Waals surface area contributed by atoms with Gasteiger partial charge in [0.2, 0.25) is 0 Å². The number of carbonyl (C=O) groups is 1. The molecule has 128 valence electrons. The molecule has 0 saturated carbocycles. The molecule has 0 bridgehead atoms. The van der Waals surface area contributed by atoms with Crippen molar-refractivity contribution in [2.24, 2.45) is 0 Å². The highest BCUT2D eigenvalue weighted by atomic mass is 35.5. The van der Waals surface area contributed by atoms with Crippen LogP contribution < -0.4 is 14.8 Å². The monoisotopic (exact) mass is 368 g/mol. The quantitative estimate of drug-likeness (QED) is 0.813. The van der Waals surface area contributed by atoms with E-state index in [0.717, 1.165) is 5.75 Å². The number of nitrogens with one attached hydrogen (secondary N) is 1. The summed E-state index contributed by atoms with van der Waals surface area (Å²) in [5, 5.41) is 3.63. The van der Waals surface area contributed by atoms with Gasteiger partial charge in [-0.1, -0.05) is 23.2 Å². The fourth-order valence-corrected chi connectivity index (χ4v) is 2.33. The molecule has 2 aromatic carbocycles. The van der Waals surface area contributed by atoms with Gasteiger partial charge >= 0.3 is 6.03 Å². The Labute approximate surface area is 151 Å². The predicted molar refractivity (Wildman–Crippen MR) is 96.6 cm³/mol. The number of hydrogen-bond donors (Lipinski definition) is 1. The van der Waals surface area contributed by atoms with Crippen molar-refractivity contribution in [1.82, 2.24) is 4.90 Å². The van der Waals surface area contributed by atoms with E-state index in [1.807, 2.05) is 24.3 Å². The zero-order valence-corrected chi connectivity index (χ0v) is 14.9. The van der Waals surface area contributed by atoms with Crippen molar-refractivity contribution < 1.29 is 14.3 Å². The molecule has 2 amide bonds. The van der Waals surface area contributed by atoms with Crippen molar-refractivity contribution in [3.63, 3.8) is 0 Å². The van der Waals surface area contributed by atoms with Crippen LogP contribution in [0.15, 0.2) is 42.5 Å². The minimum Gasteiger partial charge on any atom is -0.497 e. The fraction of sp³-hybridized carbons (Fsp3) is 0.235. The molecular formula is C17H18Cl2N2O3. The average Bonchev–Trinajstić information content (AvgIpc) is 2.57. The second-order valence-electron chi connectivity index (χ2n) is 5.00. The molecule has 0 aromatic heterocycles. The van der Waals surface area contributed by atoms with E-state index in [2.05, 4.69) is 5.32 Å². The van der Waals surface area contributed by atoms with Crippen LogP contribution in [0.3, 0.4) is 0 Å². The maximum absolute atomic E-state index is 12.1. The summed E-state index contributed by atoms with van der Waals surface area (Å²) in [5.74, 6) is 1.48. The number of amides is 2. The molecule has 0 aliphatic heterocycles. The molecule has 5 nitrogen and oxygen atoms in total. The lowest BCUT2D eigenvalue weighted by Gasteiger charge is -2.18. The van der Waals surface area contributed by atoms with E-state index >= 15 is 0 Å². The minimum atomic E-state index is -0.280. The summed E-state index contributed by atoms with van der Waals surface area (Å²) in [5.41, 5.74) is 0.508. The maximum atomic E-state index is 12.1. The molecule has 24 heavy (non-hydrogen) atoms. The Morgan fingerprint density at radius 1 is 1.12 bits per heavy atom. The van der Waals surface area contributed by atoms with Crippen molar-refractivity contribution in [3.05, 3.63) is 52.5 Å². The lowest BCUT2D eigenvalue weighted by Crippen LogP contribution is -2.34. The van der Waals surface area contributed by atoms with E-state index in [1.165, 1.54) is 4.90 Å². The minimum absolute atomic E-state index is 0.280. The SMILES string of the molecule is COc1ccc(OCCN(C)C(=O)Nc2ccc(Cl)cc2Cl)cc1. The zero-order valence-electron chi connectivity index (χ0n) is 13.4. The highest BCUT2D eigenvalue weighted by Gasteiger charge is 2.11. The fourth-order valence-electron chi connectivity index (χ4n) is 1.88. The topological polar surface area (TPSA) is 50.8 Å². The molecule has 2 aromatic rings. The van der Waals surface area contributed by atoms with Crippen molar-refractivity contribution in [3.8, 4) is 11.5 Å². The van der Waals surface area contributed by atoms with E-state index < -0.39 is 0 Å². The van der Waals surface area contributed by atoms with Crippen molar-refractivity contribution in [2.75, 3.05) is 32.6 Å². The first-order valence-electron chi connectivity index (χ1n) is 7.23. The highest BCUT2D eigenvalue weighted by Crippen LogP contribution is 2.25. The van der Waals surface area contributed by atoms with Crippen LogP contribution in [0.1, 0.15) is 0 Å². The summed E-state index contributed by atoms with van der Waals surface area (Å²) in [7, 11) is 3.28. The van der Waals surface area contributed by atoms with Gasteiger partial charge in [0.15, 0.2) is 0 Å². The lowest BCUT2D eigenvalue weighted by atomic mass is 10.3. The number of rotatable bonds is 6. The number of methoxy groups -OCH3 is 1. The van der Waals surface area contributed by atoms with Gasteiger partial charge in [-0.2, -0.15) is 0 Å². The Hall–Kier alpha value is -2.11. The summed E-state index contributed by atoms with van der Waals surface area (Å²) in [6, 6.07) is 11.9. The van der Waals surface area contributed by atoms with Gasteiger partial charge in [0, 0.05) is 12.1 Å². The summed E-state index contributed by atoms with van der Waals surface area (Å²) in [6.07, 6.45) is 0. The number of ether oxygens (including phenoxy) is 2. The predicted octanol–water partition coefficient (Wildman–Crippen LogP) is 4.54.